The van der Waals surface area contributed by atoms with Gasteiger partial charge < -0.3 is 15.2 Å². The van der Waals surface area contributed by atoms with Gasteiger partial charge in [-0.15, -0.1) is 0 Å². The zero-order chi connectivity index (χ0) is 22.9. The molecule has 2 N–H and O–H groups in total. The van der Waals surface area contributed by atoms with Crippen LogP contribution in [-0.2, 0) is 4.79 Å². The number of aliphatic carboxylic acids is 1. The SMILES string of the molecule is CCCCC(=O)O.COc1cc(-c2ccccc2)ccc1Nc1nc2ccc(F)cc2s1. The highest BCUT2D eigenvalue weighted by molar-refractivity contribution is 7.22. The number of aromatic nitrogens is 1. The first-order valence-electron chi connectivity index (χ1n) is 10.3. The summed E-state index contributed by atoms with van der Waals surface area (Å²) in [5.41, 5.74) is 3.80. The summed E-state index contributed by atoms with van der Waals surface area (Å²) in [6.45, 7) is 1.98. The predicted octanol–water partition coefficient (Wildman–Crippen LogP) is 7.12. The van der Waals surface area contributed by atoms with Crippen molar-refractivity contribution >= 4 is 38.3 Å². The van der Waals surface area contributed by atoms with E-state index in [1.54, 1.807) is 13.2 Å². The number of carboxylic acid groups (broad SMARTS) is 1. The molecule has 32 heavy (non-hydrogen) atoms. The van der Waals surface area contributed by atoms with E-state index >= 15 is 0 Å². The lowest BCUT2D eigenvalue weighted by atomic mass is 10.1. The summed E-state index contributed by atoms with van der Waals surface area (Å²) in [5.74, 6) is -0.221. The minimum Gasteiger partial charge on any atom is -0.495 e. The van der Waals surface area contributed by atoms with Crippen LogP contribution in [0.2, 0.25) is 0 Å². The number of methoxy groups -OCH3 is 1. The highest BCUT2D eigenvalue weighted by Crippen LogP contribution is 2.35. The Balaban J connectivity index is 0.000000360. The predicted molar refractivity (Wildman–Crippen MR) is 128 cm³/mol. The van der Waals surface area contributed by atoms with Crippen LogP contribution in [-0.4, -0.2) is 23.2 Å². The Morgan fingerprint density at radius 3 is 2.53 bits per heavy atom. The third-order valence-electron chi connectivity index (χ3n) is 4.64. The molecule has 0 spiro atoms. The van der Waals surface area contributed by atoms with Crippen LogP contribution in [0.15, 0.2) is 66.7 Å². The molecule has 0 aliphatic carbocycles. The van der Waals surface area contributed by atoms with Crippen molar-refractivity contribution in [2.75, 3.05) is 12.4 Å². The number of anilines is 2. The standard InChI is InChI=1S/C20H15FN2OS.C5H10O2/c1-24-18-11-14(13-5-3-2-4-6-13)7-9-16(18)22-20-23-17-10-8-15(21)12-19(17)25-20;1-2-3-4-5(6)7/h2-12H,1H3,(H,22,23);2-4H2,1H3,(H,6,7). The van der Waals surface area contributed by atoms with Gasteiger partial charge in [-0.1, -0.05) is 61.1 Å². The Morgan fingerprint density at radius 1 is 1.09 bits per heavy atom. The molecule has 4 aromatic rings. The number of halogens is 1. The maximum absolute atomic E-state index is 13.3. The molecule has 0 amide bonds. The van der Waals surface area contributed by atoms with Gasteiger partial charge in [0.2, 0.25) is 0 Å². The van der Waals surface area contributed by atoms with Crippen molar-refractivity contribution in [2.45, 2.75) is 26.2 Å². The summed E-state index contributed by atoms with van der Waals surface area (Å²) in [6, 6.07) is 20.7. The van der Waals surface area contributed by atoms with Gasteiger partial charge in [0.05, 0.1) is 23.0 Å². The summed E-state index contributed by atoms with van der Waals surface area (Å²) in [4.78, 5) is 14.2. The average molecular weight is 453 g/mol. The van der Waals surface area contributed by atoms with Gasteiger partial charge in [0, 0.05) is 6.42 Å². The van der Waals surface area contributed by atoms with Crippen LogP contribution < -0.4 is 10.1 Å². The lowest BCUT2D eigenvalue weighted by Gasteiger charge is -2.11. The largest absolute Gasteiger partial charge is 0.495 e. The molecule has 1 aromatic heterocycles. The quantitative estimate of drug-likeness (QED) is 0.312. The van der Waals surface area contributed by atoms with Gasteiger partial charge in [-0.25, -0.2) is 9.37 Å². The first kappa shape index (κ1) is 23.2. The second-order valence-corrected chi connectivity index (χ2v) is 8.07. The molecule has 7 heteroatoms. The Bertz CT molecular complexity index is 1180. The van der Waals surface area contributed by atoms with Gasteiger partial charge in [0.1, 0.15) is 11.6 Å². The van der Waals surface area contributed by atoms with Crippen LogP contribution in [0.5, 0.6) is 5.75 Å². The summed E-state index contributed by atoms with van der Waals surface area (Å²) in [7, 11) is 1.64. The number of ether oxygens (including phenoxy) is 1. The van der Waals surface area contributed by atoms with E-state index < -0.39 is 5.97 Å². The van der Waals surface area contributed by atoms with E-state index in [-0.39, 0.29) is 5.82 Å². The number of fused-ring (bicyclic) bond motifs is 1. The number of hydrogen-bond acceptors (Lipinski definition) is 5. The number of carbonyl (C=O) groups is 1. The third kappa shape index (κ3) is 6.28. The Labute approximate surface area is 190 Å². The van der Waals surface area contributed by atoms with Crippen LogP contribution in [0, 0.1) is 5.82 Å². The fraction of sp³-hybridized carbons (Fsp3) is 0.200. The molecular formula is C25H25FN2O3S. The molecule has 0 saturated heterocycles. The topological polar surface area (TPSA) is 71.5 Å². The lowest BCUT2D eigenvalue weighted by Crippen LogP contribution is -1.94. The van der Waals surface area contributed by atoms with E-state index in [1.165, 1.54) is 23.5 Å². The number of unbranched alkanes of at least 4 members (excludes halogenated alkanes) is 1. The zero-order valence-corrected chi connectivity index (χ0v) is 18.8. The fourth-order valence-corrected chi connectivity index (χ4v) is 3.90. The van der Waals surface area contributed by atoms with Crippen LogP contribution in [0.1, 0.15) is 26.2 Å². The molecule has 4 rings (SSSR count). The summed E-state index contributed by atoms with van der Waals surface area (Å²) in [6.07, 6.45) is 2.08. The maximum Gasteiger partial charge on any atom is 0.303 e. The van der Waals surface area contributed by atoms with Crippen LogP contribution in [0.25, 0.3) is 21.3 Å². The van der Waals surface area contributed by atoms with Gasteiger partial charge in [0.25, 0.3) is 0 Å². The molecule has 0 atom stereocenters. The molecule has 5 nitrogen and oxygen atoms in total. The molecule has 0 unspecified atom stereocenters. The van der Waals surface area contributed by atoms with Gasteiger partial charge in [-0.2, -0.15) is 0 Å². The highest BCUT2D eigenvalue weighted by atomic mass is 32.1. The number of benzene rings is 3. The van der Waals surface area contributed by atoms with Crippen LogP contribution >= 0.6 is 11.3 Å². The van der Waals surface area contributed by atoms with Gasteiger partial charge in [-0.3, -0.25) is 4.79 Å². The summed E-state index contributed by atoms with van der Waals surface area (Å²) in [5, 5.41) is 12.0. The minimum absolute atomic E-state index is 0.257. The highest BCUT2D eigenvalue weighted by Gasteiger charge is 2.10. The van der Waals surface area contributed by atoms with Crippen LogP contribution in [0.4, 0.5) is 15.2 Å². The van der Waals surface area contributed by atoms with Crippen molar-refractivity contribution in [3.8, 4) is 16.9 Å². The first-order valence-corrected chi connectivity index (χ1v) is 11.1. The maximum atomic E-state index is 13.3. The van der Waals surface area contributed by atoms with E-state index in [0.29, 0.717) is 11.6 Å². The third-order valence-corrected chi connectivity index (χ3v) is 5.58. The smallest absolute Gasteiger partial charge is 0.303 e. The van der Waals surface area contributed by atoms with Gasteiger partial charge in [0.15, 0.2) is 5.13 Å². The van der Waals surface area contributed by atoms with E-state index in [9.17, 15) is 9.18 Å². The fourth-order valence-electron chi connectivity index (χ4n) is 3.00. The van der Waals surface area contributed by atoms with Crippen molar-refractivity contribution in [3.63, 3.8) is 0 Å². The Kier molecular flexibility index (Phi) is 8.16. The number of nitrogens with one attached hydrogen (secondary N) is 1. The minimum atomic E-state index is -0.693. The molecule has 0 fully saturated rings. The van der Waals surface area contributed by atoms with Crippen molar-refractivity contribution in [3.05, 3.63) is 72.5 Å². The molecule has 0 radical (unpaired) electrons. The van der Waals surface area contributed by atoms with Crippen molar-refractivity contribution < 1.29 is 19.0 Å². The van der Waals surface area contributed by atoms with Crippen molar-refractivity contribution in [1.29, 1.82) is 0 Å². The van der Waals surface area contributed by atoms with Crippen molar-refractivity contribution in [2.24, 2.45) is 0 Å². The second-order valence-electron chi connectivity index (χ2n) is 7.03. The molecule has 0 saturated carbocycles. The van der Waals surface area contributed by atoms with E-state index in [2.05, 4.69) is 22.4 Å². The normalized spacial score (nSPS) is 10.3. The van der Waals surface area contributed by atoms with E-state index in [0.717, 1.165) is 45.6 Å². The zero-order valence-electron chi connectivity index (χ0n) is 18.0. The Morgan fingerprint density at radius 2 is 1.88 bits per heavy atom. The number of thiazole rings is 1. The lowest BCUT2D eigenvalue weighted by molar-refractivity contribution is -0.137. The van der Waals surface area contributed by atoms with E-state index in [1.807, 2.05) is 43.3 Å². The number of carboxylic acids is 1. The molecular weight excluding hydrogens is 427 g/mol. The average Bonchev–Trinajstić information content (AvgIpc) is 3.20. The van der Waals surface area contributed by atoms with Crippen LogP contribution in [0.3, 0.4) is 0 Å². The van der Waals surface area contributed by atoms with Gasteiger partial charge >= 0.3 is 5.97 Å². The Hall–Kier alpha value is -3.45. The molecule has 166 valence electrons. The number of nitrogens with zero attached hydrogens (tertiary/aromatic N) is 1. The summed E-state index contributed by atoms with van der Waals surface area (Å²) < 4.78 is 19.7. The molecule has 0 aliphatic heterocycles. The monoisotopic (exact) mass is 452 g/mol. The number of rotatable bonds is 7. The molecule has 1 heterocycles. The molecule has 3 aromatic carbocycles. The van der Waals surface area contributed by atoms with Gasteiger partial charge in [-0.05, 0) is 47.9 Å². The van der Waals surface area contributed by atoms with E-state index in [4.69, 9.17) is 9.84 Å². The number of hydrogen-bond donors (Lipinski definition) is 2. The summed E-state index contributed by atoms with van der Waals surface area (Å²) >= 11 is 1.41. The molecule has 0 bridgehead atoms. The first-order chi connectivity index (χ1) is 15.5. The molecule has 0 aliphatic rings. The van der Waals surface area contributed by atoms with Crippen molar-refractivity contribution in [1.82, 2.24) is 4.98 Å². The second kappa shape index (κ2) is 11.2.